The van der Waals surface area contributed by atoms with Crippen molar-refractivity contribution in [3.05, 3.63) is 12.2 Å². The molecule has 0 radical (unpaired) electrons. The van der Waals surface area contributed by atoms with Gasteiger partial charge in [-0.15, -0.1) is 0 Å². The van der Waals surface area contributed by atoms with Crippen LogP contribution in [-0.4, -0.2) is 5.79 Å². The molecule has 0 N–H and O–H groups in total. The fourth-order valence-electron chi connectivity index (χ4n) is 1.34. The van der Waals surface area contributed by atoms with Crippen LogP contribution in [0.15, 0.2) is 12.2 Å². The Labute approximate surface area is 80.8 Å². The van der Waals surface area contributed by atoms with Crippen molar-refractivity contribution in [2.75, 3.05) is 0 Å². The highest BCUT2D eigenvalue weighted by Crippen LogP contribution is 2.54. The SMILES string of the molecule is C=C(C(C)(C)C)C1(C(C)(C)C)OO1. The monoisotopic (exact) mass is 184 g/mol. The summed E-state index contributed by atoms with van der Waals surface area (Å²) in [5.74, 6) is -0.564. The van der Waals surface area contributed by atoms with Crippen LogP contribution in [0.4, 0.5) is 0 Å². The zero-order chi connectivity index (χ0) is 10.5. The van der Waals surface area contributed by atoms with Crippen LogP contribution < -0.4 is 0 Å². The molecule has 0 saturated carbocycles. The predicted octanol–water partition coefficient (Wildman–Crippen LogP) is 3.29. The highest BCUT2D eigenvalue weighted by atomic mass is 17.4. The fourth-order valence-corrected chi connectivity index (χ4v) is 1.34. The van der Waals surface area contributed by atoms with Crippen LogP contribution in [0.25, 0.3) is 0 Å². The normalized spacial score (nSPS) is 21.4. The van der Waals surface area contributed by atoms with Gasteiger partial charge in [-0.3, -0.25) is 0 Å². The molecule has 1 fully saturated rings. The minimum Gasteiger partial charge on any atom is -0.189 e. The largest absolute Gasteiger partial charge is 0.260 e. The maximum absolute atomic E-state index is 5.15. The van der Waals surface area contributed by atoms with Crippen LogP contribution in [0, 0.1) is 10.8 Å². The van der Waals surface area contributed by atoms with Crippen molar-refractivity contribution in [1.29, 1.82) is 0 Å². The topological polar surface area (TPSA) is 25.1 Å². The first-order valence-corrected chi connectivity index (χ1v) is 4.68. The molecule has 0 unspecified atom stereocenters. The molecule has 0 aromatic rings. The zero-order valence-electron chi connectivity index (χ0n) is 9.52. The van der Waals surface area contributed by atoms with E-state index < -0.39 is 5.79 Å². The molecule has 0 aromatic heterocycles. The summed E-state index contributed by atoms with van der Waals surface area (Å²) in [6.45, 7) is 16.7. The van der Waals surface area contributed by atoms with Gasteiger partial charge < -0.3 is 0 Å². The summed E-state index contributed by atoms with van der Waals surface area (Å²) in [4.78, 5) is 10.3. The third kappa shape index (κ3) is 1.65. The summed E-state index contributed by atoms with van der Waals surface area (Å²) in [5, 5.41) is 0. The quantitative estimate of drug-likeness (QED) is 0.355. The molecule has 0 aliphatic carbocycles. The Balaban J connectivity index is 2.91. The van der Waals surface area contributed by atoms with Crippen LogP contribution in [0.3, 0.4) is 0 Å². The molecule has 1 heterocycles. The van der Waals surface area contributed by atoms with Gasteiger partial charge >= 0.3 is 0 Å². The zero-order valence-corrected chi connectivity index (χ0v) is 9.52. The minimum atomic E-state index is -0.564. The van der Waals surface area contributed by atoms with Gasteiger partial charge in [-0.05, 0) is 11.0 Å². The van der Waals surface area contributed by atoms with E-state index in [9.17, 15) is 0 Å². The highest BCUT2D eigenvalue weighted by molar-refractivity contribution is 5.22. The number of hydrogen-bond donors (Lipinski definition) is 0. The number of rotatable bonds is 1. The molecule has 2 heteroatoms. The van der Waals surface area contributed by atoms with Gasteiger partial charge in [0.05, 0.1) is 0 Å². The van der Waals surface area contributed by atoms with Gasteiger partial charge in [0.2, 0.25) is 0 Å². The van der Waals surface area contributed by atoms with Crippen LogP contribution in [0.1, 0.15) is 41.5 Å². The van der Waals surface area contributed by atoms with E-state index in [0.717, 1.165) is 5.57 Å². The Hall–Kier alpha value is -0.340. The van der Waals surface area contributed by atoms with E-state index >= 15 is 0 Å². The molecule has 76 valence electrons. The lowest BCUT2D eigenvalue weighted by molar-refractivity contribution is 0.0850. The van der Waals surface area contributed by atoms with E-state index in [1.165, 1.54) is 0 Å². The maximum atomic E-state index is 5.15. The van der Waals surface area contributed by atoms with E-state index in [4.69, 9.17) is 9.78 Å². The lowest BCUT2D eigenvalue weighted by Crippen LogP contribution is -2.36. The first-order chi connectivity index (χ1) is 5.61. The Kier molecular flexibility index (Phi) is 2.13. The van der Waals surface area contributed by atoms with Gasteiger partial charge in [0.25, 0.3) is 5.79 Å². The summed E-state index contributed by atoms with van der Waals surface area (Å²) >= 11 is 0. The molecule has 0 bridgehead atoms. The van der Waals surface area contributed by atoms with Crippen molar-refractivity contribution in [2.45, 2.75) is 47.3 Å². The Morgan fingerprint density at radius 3 is 1.46 bits per heavy atom. The second-order valence-corrected chi connectivity index (χ2v) is 5.76. The van der Waals surface area contributed by atoms with Gasteiger partial charge in [-0.2, -0.15) is 9.78 Å². The molecule has 1 aliphatic heterocycles. The molecule has 0 atom stereocenters. The average molecular weight is 184 g/mol. The Morgan fingerprint density at radius 1 is 1.00 bits per heavy atom. The molecule has 0 amide bonds. The predicted molar refractivity (Wildman–Crippen MR) is 53.0 cm³/mol. The van der Waals surface area contributed by atoms with Gasteiger partial charge in [0, 0.05) is 5.41 Å². The van der Waals surface area contributed by atoms with E-state index in [1.54, 1.807) is 0 Å². The molecule has 0 aromatic carbocycles. The third-order valence-corrected chi connectivity index (χ3v) is 2.54. The molecule has 1 saturated heterocycles. The lowest BCUT2D eigenvalue weighted by atomic mass is 9.73. The summed E-state index contributed by atoms with van der Waals surface area (Å²) in [6.07, 6.45) is 0. The van der Waals surface area contributed by atoms with Crippen molar-refractivity contribution in [3.8, 4) is 0 Å². The van der Waals surface area contributed by atoms with E-state index in [2.05, 4.69) is 48.1 Å². The summed E-state index contributed by atoms with van der Waals surface area (Å²) in [7, 11) is 0. The van der Waals surface area contributed by atoms with E-state index in [-0.39, 0.29) is 10.8 Å². The first kappa shape index (κ1) is 10.7. The third-order valence-electron chi connectivity index (χ3n) is 2.54. The summed E-state index contributed by atoms with van der Waals surface area (Å²) in [5.41, 5.74) is 0.966. The van der Waals surface area contributed by atoms with Crippen LogP contribution in [-0.2, 0) is 9.78 Å². The second-order valence-electron chi connectivity index (χ2n) is 5.76. The van der Waals surface area contributed by atoms with Gasteiger partial charge in [0.1, 0.15) is 0 Å². The van der Waals surface area contributed by atoms with Crippen LogP contribution in [0.5, 0.6) is 0 Å². The van der Waals surface area contributed by atoms with Crippen molar-refractivity contribution >= 4 is 0 Å². The van der Waals surface area contributed by atoms with E-state index in [0.29, 0.717) is 0 Å². The molecule has 1 aliphatic rings. The molecular weight excluding hydrogens is 164 g/mol. The van der Waals surface area contributed by atoms with Crippen molar-refractivity contribution in [1.82, 2.24) is 0 Å². The summed E-state index contributed by atoms with van der Waals surface area (Å²) in [6, 6.07) is 0. The molecule has 1 rings (SSSR count). The van der Waals surface area contributed by atoms with Crippen molar-refractivity contribution in [2.24, 2.45) is 10.8 Å². The average Bonchev–Trinajstić information content (AvgIpc) is 2.60. The highest BCUT2D eigenvalue weighted by Gasteiger charge is 2.62. The van der Waals surface area contributed by atoms with Gasteiger partial charge in [0.15, 0.2) is 0 Å². The Bertz CT molecular complexity index is 223. The lowest BCUT2D eigenvalue weighted by Gasteiger charge is -2.31. The van der Waals surface area contributed by atoms with Crippen LogP contribution >= 0.6 is 0 Å². The second kappa shape index (κ2) is 2.58. The molecule has 2 nitrogen and oxygen atoms in total. The van der Waals surface area contributed by atoms with E-state index in [1.807, 2.05) is 0 Å². The van der Waals surface area contributed by atoms with Gasteiger partial charge in [-0.25, -0.2) is 0 Å². The van der Waals surface area contributed by atoms with Gasteiger partial charge in [-0.1, -0.05) is 48.1 Å². The summed E-state index contributed by atoms with van der Waals surface area (Å²) < 4.78 is 0. The number of hydrogen-bond acceptors (Lipinski definition) is 2. The Morgan fingerprint density at radius 2 is 1.38 bits per heavy atom. The van der Waals surface area contributed by atoms with Crippen molar-refractivity contribution in [3.63, 3.8) is 0 Å². The smallest absolute Gasteiger partial charge is 0.189 e. The first-order valence-electron chi connectivity index (χ1n) is 4.68. The standard InChI is InChI=1S/C11H20O2/c1-8(9(2,3)4)11(12-13-11)10(5,6)7/h1H2,2-7H3. The molecule has 13 heavy (non-hydrogen) atoms. The maximum Gasteiger partial charge on any atom is 0.260 e. The van der Waals surface area contributed by atoms with Crippen molar-refractivity contribution < 1.29 is 9.78 Å². The minimum absolute atomic E-state index is 0.0176. The fraction of sp³-hybridized carbons (Fsp3) is 0.818. The molecular formula is C11H20O2. The molecule has 0 spiro atoms. The van der Waals surface area contributed by atoms with Crippen LogP contribution in [0.2, 0.25) is 0 Å².